The minimum absolute atomic E-state index is 0.119. The summed E-state index contributed by atoms with van der Waals surface area (Å²) in [5, 5.41) is 6.47. The van der Waals surface area contributed by atoms with E-state index in [1.54, 1.807) is 24.5 Å². The van der Waals surface area contributed by atoms with Crippen LogP contribution in [0.15, 0.2) is 48.8 Å². The van der Waals surface area contributed by atoms with Crippen molar-refractivity contribution in [3.8, 4) is 11.3 Å². The molecule has 24 heavy (non-hydrogen) atoms. The maximum absolute atomic E-state index is 12.1. The van der Waals surface area contributed by atoms with Gasteiger partial charge < -0.3 is 10.6 Å². The lowest BCUT2D eigenvalue weighted by molar-refractivity contribution is -0.115. The molecule has 1 aliphatic heterocycles. The number of fused-ring (bicyclic) bond motifs is 3. The van der Waals surface area contributed by atoms with Crippen molar-refractivity contribution in [2.75, 3.05) is 10.6 Å². The van der Waals surface area contributed by atoms with E-state index in [4.69, 9.17) is 11.6 Å². The van der Waals surface area contributed by atoms with Crippen LogP contribution in [0.25, 0.3) is 11.3 Å². The Hall–Kier alpha value is -2.99. The Morgan fingerprint density at radius 1 is 1.17 bits per heavy atom. The van der Waals surface area contributed by atoms with Crippen molar-refractivity contribution in [3.05, 3.63) is 59.4 Å². The number of aromatic nitrogens is 3. The smallest absolute Gasteiger partial charge is 0.228 e. The zero-order valence-corrected chi connectivity index (χ0v) is 13.2. The van der Waals surface area contributed by atoms with Crippen LogP contribution in [0.3, 0.4) is 0 Å². The average molecular weight is 338 g/mol. The van der Waals surface area contributed by atoms with E-state index < -0.39 is 0 Å². The first-order valence-electron chi connectivity index (χ1n) is 7.33. The number of anilines is 3. The molecule has 2 aromatic heterocycles. The van der Waals surface area contributed by atoms with Crippen molar-refractivity contribution in [1.82, 2.24) is 15.0 Å². The van der Waals surface area contributed by atoms with Crippen LogP contribution in [0.1, 0.15) is 5.56 Å². The molecule has 0 aliphatic carbocycles. The molecule has 1 amide bonds. The third-order valence-electron chi connectivity index (χ3n) is 3.63. The summed E-state index contributed by atoms with van der Waals surface area (Å²) in [5.74, 6) is 0.950. The molecule has 0 bridgehead atoms. The Labute approximate surface area is 142 Å². The molecule has 1 aliphatic rings. The number of hydrogen-bond acceptors (Lipinski definition) is 5. The van der Waals surface area contributed by atoms with E-state index in [0.29, 0.717) is 28.2 Å². The van der Waals surface area contributed by atoms with Crippen LogP contribution in [0.4, 0.5) is 17.5 Å². The summed E-state index contributed by atoms with van der Waals surface area (Å²) in [6, 6.07) is 10.9. The van der Waals surface area contributed by atoms with Crippen molar-refractivity contribution in [2.24, 2.45) is 0 Å². The van der Waals surface area contributed by atoms with Crippen LogP contribution in [0, 0.1) is 0 Å². The van der Waals surface area contributed by atoms with Gasteiger partial charge in [0, 0.05) is 28.5 Å². The van der Waals surface area contributed by atoms with Gasteiger partial charge in [-0.15, -0.1) is 0 Å². The molecule has 0 spiro atoms. The zero-order valence-electron chi connectivity index (χ0n) is 12.5. The molecule has 3 aromatic rings. The van der Waals surface area contributed by atoms with Gasteiger partial charge in [0.1, 0.15) is 5.82 Å². The Morgan fingerprint density at radius 2 is 2.08 bits per heavy atom. The van der Waals surface area contributed by atoms with Gasteiger partial charge in [-0.25, -0.2) is 15.0 Å². The molecule has 0 saturated carbocycles. The molecule has 0 saturated heterocycles. The van der Waals surface area contributed by atoms with Crippen LogP contribution in [0.5, 0.6) is 0 Å². The second-order valence-corrected chi connectivity index (χ2v) is 5.76. The molecular weight excluding hydrogens is 326 g/mol. The number of nitrogens with zero attached hydrogens (tertiary/aromatic N) is 3. The van der Waals surface area contributed by atoms with Crippen molar-refractivity contribution in [3.63, 3.8) is 0 Å². The van der Waals surface area contributed by atoms with E-state index in [1.807, 2.05) is 24.3 Å². The lowest BCUT2D eigenvalue weighted by atomic mass is 10.1. The second kappa shape index (κ2) is 5.90. The molecule has 118 valence electrons. The van der Waals surface area contributed by atoms with Crippen molar-refractivity contribution in [1.29, 1.82) is 0 Å². The largest absolute Gasteiger partial charge is 0.325 e. The van der Waals surface area contributed by atoms with Crippen LogP contribution >= 0.6 is 11.6 Å². The molecule has 0 fully saturated rings. The highest BCUT2D eigenvalue weighted by Crippen LogP contribution is 2.34. The third-order valence-corrected chi connectivity index (χ3v) is 3.87. The lowest BCUT2D eigenvalue weighted by Crippen LogP contribution is -2.12. The Kier molecular flexibility index (Phi) is 3.59. The molecule has 3 heterocycles. The van der Waals surface area contributed by atoms with Gasteiger partial charge in [-0.1, -0.05) is 17.7 Å². The Morgan fingerprint density at radius 3 is 2.92 bits per heavy atom. The summed E-state index contributed by atoms with van der Waals surface area (Å²) in [6.45, 7) is 0. The van der Waals surface area contributed by atoms with Crippen molar-refractivity contribution < 1.29 is 4.79 Å². The minimum Gasteiger partial charge on any atom is -0.325 e. The fourth-order valence-corrected chi connectivity index (χ4v) is 2.75. The standard InChI is InChI=1S/C17H12ClN5O/c18-11-4-5-12-13(8-11)21-15(24)7-10-9-20-17(23-16(10)12)22-14-3-1-2-6-19-14/h1-6,8-9H,7H2,(H,21,24)(H,19,20,22,23). The summed E-state index contributed by atoms with van der Waals surface area (Å²) in [6.07, 6.45) is 3.56. The average Bonchev–Trinajstić information content (AvgIpc) is 2.70. The van der Waals surface area contributed by atoms with Gasteiger partial charge in [-0.2, -0.15) is 0 Å². The van der Waals surface area contributed by atoms with Gasteiger partial charge >= 0.3 is 0 Å². The molecule has 4 rings (SSSR count). The van der Waals surface area contributed by atoms with E-state index in [1.165, 1.54) is 0 Å². The van der Waals surface area contributed by atoms with Crippen LogP contribution in [-0.2, 0) is 11.2 Å². The number of hydrogen-bond donors (Lipinski definition) is 2. The molecule has 7 heteroatoms. The number of benzene rings is 1. The van der Waals surface area contributed by atoms with Crippen LogP contribution in [-0.4, -0.2) is 20.9 Å². The van der Waals surface area contributed by atoms with Gasteiger partial charge in [-0.05, 0) is 30.3 Å². The molecule has 1 aromatic carbocycles. The molecule has 0 radical (unpaired) electrons. The number of carbonyl (C=O) groups is 1. The predicted octanol–water partition coefficient (Wildman–Crippen LogP) is 3.43. The number of amides is 1. The Bertz CT molecular complexity index is 930. The van der Waals surface area contributed by atoms with Gasteiger partial charge in [-0.3, -0.25) is 4.79 Å². The number of pyridine rings is 1. The van der Waals surface area contributed by atoms with Crippen LogP contribution in [0.2, 0.25) is 5.02 Å². The Balaban J connectivity index is 1.80. The predicted molar refractivity (Wildman–Crippen MR) is 92.3 cm³/mol. The molecule has 0 atom stereocenters. The second-order valence-electron chi connectivity index (χ2n) is 5.32. The minimum atomic E-state index is -0.119. The van der Waals surface area contributed by atoms with E-state index >= 15 is 0 Å². The summed E-state index contributed by atoms with van der Waals surface area (Å²) in [7, 11) is 0. The summed E-state index contributed by atoms with van der Waals surface area (Å²) in [5.41, 5.74) is 2.93. The zero-order chi connectivity index (χ0) is 16.5. The fraction of sp³-hybridized carbons (Fsp3) is 0.0588. The van der Waals surface area contributed by atoms with E-state index in [0.717, 1.165) is 11.1 Å². The lowest BCUT2D eigenvalue weighted by Gasteiger charge is -2.10. The first-order chi connectivity index (χ1) is 11.7. The summed E-state index contributed by atoms with van der Waals surface area (Å²) >= 11 is 6.04. The first kappa shape index (κ1) is 14.6. The number of halogens is 1. The molecular formula is C17H12ClN5O. The summed E-state index contributed by atoms with van der Waals surface area (Å²) < 4.78 is 0. The maximum Gasteiger partial charge on any atom is 0.228 e. The number of rotatable bonds is 2. The van der Waals surface area contributed by atoms with Crippen molar-refractivity contribution >= 4 is 35.0 Å². The monoisotopic (exact) mass is 337 g/mol. The fourth-order valence-electron chi connectivity index (χ4n) is 2.57. The van der Waals surface area contributed by atoms with E-state index in [-0.39, 0.29) is 12.3 Å². The third kappa shape index (κ3) is 2.79. The SMILES string of the molecule is O=C1Cc2cnc(Nc3ccccn3)nc2-c2ccc(Cl)cc2N1. The highest BCUT2D eigenvalue weighted by molar-refractivity contribution is 6.31. The van der Waals surface area contributed by atoms with E-state index in [9.17, 15) is 4.79 Å². The van der Waals surface area contributed by atoms with E-state index in [2.05, 4.69) is 25.6 Å². The number of carbonyl (C=O) groups excluding carboxylic acids is 1. The highest BCUT2D eigenvalue weighted by atomic mass is 35.5. The highest BCUT2D eigenvalue weighted by Gasteiger charge is 2.21. The number of nitrogens with one attached hydrogen (secondary N) is 2. The van der Waals surface area contributed by atoms with Crippen LogP contribution < -0.4 is 10.6 Å². The first-order valence-corrected chi connectivity index (χ1v) is 7.70. The molecule has 2 N–H and O–H groups in total. The maximum atomic E-state index is 12.1. The molecule has 0 unspecified atom stereocenters. The van der Waals surface area contributed by atoms with Gasteiger partial charge in [0.2, 0.25) is 11.9 Å². The van der Waals surface area contributed by atoms with Gasteiger partial charge in [0.15, 0.2) is 0 Å². The topological polar surface area (TPSA) is 79.8 Å². The summed E-state index contributed by atoms with van der Waals surface area (Å²) in [4.78, 5) is 25.1. The van der Waals surface area contributed by atoms with Gasteiger partial charge in [0.25, 0.3) is 0 Å². The van der Waals surface area contributed by atoms with Gasteiger partial charge in [0.05, 0.1) is 17.8 Å². The quantitative estimate of drug-likeness (QED) is 0.749. The normalized spacial score (nSPS) is 12.6. The van der Waals surface area contributed by atoms with Crippen molar-refractivity contribution in [2.45, 2.75) is 6.42 Å². The molecule has 6 nitrogen and oxygen atoms in total.